The molecule has 0 aliphatic rings. The molecule has 0 aliphatic heterocycles. The molecule has 2 aromatic carbocycles. The summed E-state index contributed by atoms with van der Waals surface area (Å²) in [7, 11) is 4.66. The first-order valence-electron chi connectivity index (χ1n) is 6.45. The number of hydrogen-bond acceptors (Lipinski definition) is 4. The fourth-order valence-electron chi connectivity index (χ4n) is 1.97. The second-order valence-corrected chi connectivity index (χ2v) is 4.38. The lowest BCUT2D eigenvalue weighted by molar-refractivity contribution is 0.333. The summed E-state index contributed by atoms with van der Waals surface area (Å²) in [4.78, 5) is 0. The highest BCUT2D eigenvalue weighted by molar-refractivity contribution is 5.72. The van der Waals surface area contributed by atoms with Crippen LogP contribution in [0.15, 0.2) is 36.4 Å². The van der Waals surface area contributed by atoms with Crippen LogP contribution >= 0.6 is 0 Å². The smallest absolute Gasteiger partial charge is 0.203 e. The van der Waals surface area contributed by atoms with Gasteiger partial charge in [0.1, 0.15) is 5.75 Å². The lowest BCUT2D eigenvalue weighted by Gasteiger charge is -2.10. The molecule has 21 heavy (non-hydrogen) atoms. The standard InChI is InChI=1S/C17H18O4/c1-19-14-8-6-12(7-9-14)4-5-13-10-15(18)17(21-3)16(11-13)20-2/h4-11,18H,1-3H3/b5-4+. The number of phenolic OH excluding ortho intramolecular Hbond substituents is 1. The molecule has 2 rings (SSSR count). The van der Waals surface area contributed by atoms with Crippen LogP contribution in [-0.4, -0.2) is 26.4 Å². The molecule has 1 N–H and O–H groups in total. The monoisotopic (exact) mass is 286 g/mol. The van der Waals surface area contributed by atoms with Crippen LogP contribution in [0.3, 0.4) is 0 Å². The van der Waals surface area contributed by atoms with Gasteiger partial charge in [0.2, 0.25) is 5.75 Å². The summed E-state index contributed by atoms with van der Waals surface area (Å²) in [6.45, 7) is 0. The summed E-state index contributed by atoms with van der Waals surface area (Å²) in [5, 5.41) is 9.91. The summed E-state index contributed by atoms with van der Waals surface area (Å²) in [5.41, 5.74) is 1.85. The van der Waals surface area contributed by atoms with Crippen molar-refractivity contribution in [3.05, 3.63) is 47.5 Å². The van der Waals surface area contributed by atoms with Crippen LogP contribution in [0.2, 0.25) is 0 Å². The Morgan fingerprint density at radius 1 is 0.810 bits per heavy atom. The molecule has 0 spiro atoms. The maximum atomic E-state index is 9.91. The molecule has 0 aliphatic carbocycles. The van der Waals surface area contributed by atoms with Gasteiger partial charge in [-0.15, -0.1) is 0 Å². The predicted molar refractivity (Wildman–Crippen MR) is 83.1 cm³/mol. The molecule has 0 heterocycles. The van der Waals surface area contributed by atoms with Gasteiger partial charge in [0.15, 0.2) is 11.5 Å². The summed E-state index contributed by atoms with van der Waals surface area (Å²) < 4.78 is 15.4. The van der Waals surface area contributed by atoms with E-state index in [4.69, 9.17) is 14.2 Å². The van der Waals surface area contributed by atoms with Gasteiger partial charge in [0.05, 0.1) is 21.3 Å². The summed E-state index contributed by atoms with van der Waals surface area (Å²) in [5.74, 6) is 1.69. The Hall–Kier alpha value is -2.62. The highest BCUT2D eigenvalue weighted by Gasteiger charge is 2.10. The normalized spacial score (nSPS) is 10.6. The lowest BCUT2D eigenvalue weighted by atomic mass is 10.1. The SMILES string of the molecule is COc1ccc(/C=C/c2cc(O)c(OC)c(OC)c2)cc1. The van der Waals surface area contributed by atoms with Crippen molar-refractivity contribution < 1.29 is 19.3 Å². The van der Waals surface area contributed by atoms with Crippen LogP contribution in [0.1, 0.15) is 11.1 Å². The van der Waals surface area contributed by atoms with Gasteiger partial charge in [-0.2, -0.15) is 0 Å². The number of rotatable bonds is 5. The molecule has 0 atom stereocenters. The molecular formula is C17H18O4. The second-order valence-electron chi connectivity index (χ2n) is 4.38. The molecule has 0 unspecified atom stereocenters. The Bertz CT molecular complexity index is 630. The zero-order chi connectivity index (χ0) is 15.2. The van der Waals surface area contributed by atoms with E-state index in [1.54, 1.807) is 19.2 Å². The highest BCUT2D eigenvalue weighted by atomic mass is 16.5. The maximum absolute atomic E-state index is 9.91. The molecule has 0 radical (unpaired) electrons. The van der Waals surface area contributed by atoms with Gasteiger partial charge in [-0.05, 0) is 35.4 Å². The van der Waals surface area contributed by atoms with E-state index < -0.39 is 0 Å². The molecule has 0 saturated heterocycles. The average molecular weight is 286 g/mol. The Morgan fingerprint density at radius 2 is 1.48 bits per heavy atom. The van der Waals surface area contributed by atoms with Crippen LogP contribution in [0.25, 0.3) is 12.2 Å². The molecule has 0 bridgehead atoms. The highest BCUT2D eigenvalue weighted by Crippen LogP contribution is 2.37. The minimum atomic E-state index is 0.0474. The minimum absolute atomic E-state index is 0.0474. The fraction of sp³-hybridized carbons (Fsp3) is 0.176. The largest absolute Gasteiger partial charge is 0.504 e. The first-order valence-corrected chi connectivity index (χ1v) is 6.45. The summed E-state index contributed by atoms with van der Waals surface area (Å²) in [6, 6.07) is 11.1. The number of aromatic hydroxyl groups is 1. The Labute approximate surface area is 124 Å². The first kappa shape index (κ1) is 14.8. The average Bonchev–Trinajstić information content (AvgIpc) is 2.52. The molecular weight excluding hydrogens is 268 g/mol. The van der Waals surface area contributed by atoms with Crippen LogP contribution < -0.4 is 14.2 Å². The van der Waals surface area contributed by atoms with Crippen molar-refractivity contribution in [3.8, 4) is 23.0 Å². The van der Waals surface area contributed by atoms with Crippen molar-refractivity contribution in [3.63, 3.8) is 0 Å². The lowest BCUT2D eigenvalue weighted by Crippen LogP contribution is -1.91. The fourth-order valence-corrected chi connectivity index (χ4v) is 1.97. The zero-order valence-corrected chi connectivity index (χ0v) is 12.3. The van der Waals surface area contributed by atoms with Crippen LogP contribution in [-0.2, 0) is 0 Å². The van der Waals surface area contributed by atoms with E-state index in [2.05, 4.69) is 0 Å². The second kappa shape index (κ2) is 6.70. The van der Waals surface area contributed by atoms with E-state index >= 15 is 0 Å². The van der Waals surface area contributed by atoms with Gasteiger partial charge < -0.3 is 19.3 Å². The number of benzene rings is 2. The zero-order valence-electron chi connectivity index (χ0n) is 12.3. The topological polar surface area (TPSA) is 47.9 Å². The van der Waals surface area contributed by atoms with E-state index in [0.717, 1.165) is 16.9 Å². The van der Waals surface area contributed by atoms with Crippen molar-refractivity contribution in [1.82, 2.24) is 0 Å². The molecule has 0 aromatic heterocycles. The number of hydrogen-bond donors (Lipinski definition) is 1. The van der Waals surface area contributed by atoms with Crippen molar-refractivity contribution in [1.29, 1.82) is 0 Å². The molecule has 0 amide bonds. The maximum Gasteiger partial charge on any atom is 0.203 e. The predicted octanol–water partition coefficient (Wildman–Crippen LogP) is 3.59. The molecule has 110 valence electrons. The third-order valence-corrected chi connectivity index (χ3v) is 3.07. The third-order valence-electron chi connectivity index (χ3n) is 3.07. The molecule has 4 nitrogen and oxygen atoms in total. The van der Waals surface area contributed by atoms with E-state index in [-0.39, 0.29) is 5.75 Å². The van der Waals surface area contributed by atoms with E-state index in [1.165, 1.54) is 14.2 Å². The van der Waals surface area contributed by atoms with Gasteiger partial charge in [0.25, 0.3) is 0 Å². The van der Waals surface area contributed by atoms with Crippen LogP contribution in [0.4, 0.5) is 0 Å². The minimum Gasteiger partial charge on any atom is -0.504 e. The molecule has 4 heteroatoms. The van der Waals surface area contributed by atoms with Crippen LogP contribution in [0, 0.1) is 0 Å². The van der Waals surface area contributed by atoms with Gasteiger partial charge in [0, 0.05) is 0 Å². The van der Waals surface area contributed by atoms with Gasteiger partial charge in [-0.3, -0.25) is 0 Å². The van der Waals surface area contributed by atoms with E-state index in [0.29, 0.717) is 11.5 Å². The Kier molecular flexibility index (Phi) is 4.72. The molecule has 2 aromatic rings. The molecule has 0 fully saturated rings. The third kappa shape index (κ3) is 3.48. The Morgan fingerprint density at radius 3 is 2.05 bits per heavy atom. The number of ether oxygens (including phenoxy) is 3. The summed E-state index contributed by atoms with van der Waals surface area (Å²) >= 11 is 0. The van der Waals surface area contributed by atoms with Crippen molar-refractivity contribution in [2.75, 3.05) is 21.3 Å². The van der Waals surface area contributed by atoms with Gasteiger partial charge in [-0.1, -0.05) is 24.3 Å². The van der Waals surface area contributed by atoms with Gasteiger partial charge in [-0.25, -0.2) is 0 Å². The van der Waals surface area contributed by atoms with Crippen molar-refractivity contribution in [2.24, 2.45) is 0 Å². The number of methoxy groups -OCH3 is 3. The van der Waals surface area contributed by atoms with E-state index in [1.807, 2.05) is 36.4 Å². The molecule has 0 saturated carbocycles. The number of phenols is 1. The van der Waals surface area contributed by atoms with Crippen molar-refractivity contribution >= 4 is 12.2 Å². The first-order chi connectivity index (χ1) is 10.2. The summed E-state index contributed by atoms with van der Waals surface area (Å²) in [6.07, 6.45) is 3.84. The van der Waals surface area contributed by atoms with E-state index in [9.17, 15) is 5.11 Å². The van der Waals surface area contributed by atoms with Crippen LogP contribution in [0.5, 0.6) is 23.0 Å². The Balaban J connectivity index is 2.25. The van der Waals surface area contributed by atoms with Gasteiger partial charge >= 0.3 is 0 Å². The quantitative estimate of drug-likeness (QED) is 0.853. The van der Waals surface area contributed by atoms with Crippen molar-refractivity contribution in [2.45, 2.75) is 0 Å².